The molecule has 0 aromatic carbocycles. The van der Waals surface area contributed by atoms with Crippen LogP contribution in [0.3, 0.4) is 0 Å². The van der Waals surface area contributed by atoms with Crippen LogP contribution in [0.5, 0.6) is 0 Å². The number of hydrogen-bond acceptors (Lipinski definition) is 5. The highest BCUT2D eigenvalue weighted by Crippen LogP contribution is 2.21. The number of rotatable bonds is 2. The molecule has 3 atom stereocenters. The lowest BCUT2D eigenvalue weighted by atomic mass is 10.1. The van der Waals surface area contributed by atoms with Gasteiger partial charge in [-0.1, -0.05) is 0 Å². The second-order valence-electron chi connectivity index (χ2n) is 5.31. The van der Waals surface area contributed by atoms with Crippen molar-refractivity contribution in [2.24, 2.45) is 0 Å². The van der Waals surface area contributed by atoms with Crippen molar-refractivity contribution in [2.75, 3.05) is 46.0 Å². The monoisotopic (exact) mass is 270 g/mol. The van der Waals surface area contributed by atoms with Crippen molar-refractivity contribution < 1.29 is 19.0 Å². The maximum Gasteiger partial charge on any atom is 0.253 e. The van der Waals surface area contributed by atoms with E-state index in [0.717, 1.165) is 26.0 Å². The van der Waals surface area contributed by atoms with Crippen molar-refractivity contribution in [3.63, 3.8) is 0 Å². The summed E-state index contributed by atoms with van der Waals surface area (Å²) in [4.78, 5) is 14.2. The van der Waals surface area contributed by atoms with Crippen LogP contribution in [0, 0.1) is 0 Å². The van der Waals surface area contributed by atoms with Gasteiger partial charge in [0.15, 0.2) is 0 Å². The Morgan fingerprint density at radius 1 is 1.11 bits per heavy atom. The molecule has 3 aliphatic heterocycles. The summed E-state index contributed by atoms with van der Waals surface area (Å²) in [6.07, 6.45) is 1.97. The molecule has 3 aliphatic rings. The molecule has 3 rings (SSSR count). The maximum absolute atomic E-state index is 12.4. The van der Waals surface area contributed by atoms with Gasteiger partial charge in [0.1, 0.15) is 12.2 Å². The van der Waals surface area contributed by atoms with E-state index in [9.17, 15) is 4.79 Å². The van der Waals surface area contributed by atoms with Crippen LogP contribution in [0.1, 0.15) is 12.8 Å². The van der Waals surface area contributed by atoms with Gasteiger partial charge < -0.3 is 24.4 Å². The standard InChI is InChI=1S/C13H22N2O4/c16-13(11-8-14-3-6-18-11)15-4-7-19-12(9-15)10-2-1-5-17-10/h10-12,14H,1-9H2. The van der Waals surface area contributed by atoms with E-state index in [1.165, 1.54) is 0 Å². The van der Waals surface area contributed by atoms with Crippen LogP contribution in [0.4, 0.5) is 0 Å². The quantitative estimate of drug-likeness (QED) is 0.725. The van der Waals surface area contributed by atoms with Gasteiger partial charge in [0.25, 0.3) is 5.91 Å². The first-order valence-corrected chi connectivity index (χ1v) is 7.19. The summed E-state index contributed by atoms with van der Waals surface area (Å²) >= 11 is 0. The highest BCUT2D eigenvalue weighted by Gasteiger charge is 2.35. The van der Waals surface area contributed by atoms with Gasteiger partial charge in [0.2, 0.25) is 0 Å². The van der Waals surface area contributed by atoms with E-state index in [0.29, 0.717) is 32.8 Å². The summed E-state index contributed by atoms with van der Waals surface area (Å²) in [5.41, 5.74) is 0. The highest BCUT2D eigenvalue weighted by molar-refractivity contribution is 5.81. The zero-order valence-corrected chi connectivity index (χ0v) is 11.2. The van der Waals surface area contributed by atoms with E-state index in [-0.39, 0.29) is 24.2 Å². The first-order valence-electron chi connectivity index (χ1n) is 7.19. The summed E-state index contributed by atoms with van der Waals surface area (Å²) in [5, 5.41) is 3.19. The first kappa shape index (κ1) is 13.3. The van der Waals surface area contributed by atoms with E-state index in [2.05, 4.69) is 5.32 Å². The molecule has 0 aromatic rings. The molecule has 3 heterocycles. The molecule has 0 spiro atoms. The lowest BCUT2D eigenvalue weighted by Crippen LogP contribution is -2.55. The van der Waals surface area contributed by atoms with Gasteiger partial charge >= 0.3 is 0 Å². The van der Waals surface area contributed by atoms with Crippen molar-refractivity contribution in [3.8, 4) is 0 Å². The minimum absolute atomic E-state index is 0.0248. The second kappa shape index (κ2) is 6.17. The minimum Gasteiger partial charge on any atom is -0.375 e. The van der Waals surface area contributed by atoms with Crippen molar-refractivity contribution >= 4 is 5.91 Å². The molecule has 19 heavy (non-hydrogen) atoms. The molecule has 3 saturated heterocycles. The van der Waals surface area contributed by atoms with Crippen molar-refractivity contribution in [1.82, 2.24) is 10.2 Å². The van der Waals surface area contributed by atoms with Crippen LogP contribution in [-0.2, 0) is 19.0 Å². The van der Waals surface area contributed by atoms with Gasteiger partial charge in [-0.15, -0.1) is 0 Å². The summed E-state index contributed by atoms with van der Waals surface area (Å²) in [7, 11) is 0. The van der Waals surface area contributed by atoms with Gasteiger partial charge in [-0.05, 0) is 12.8 Å². The maximum atomic E-state index is 12.4. The fourth-order valence-electron chi connectivity index (χ4n) is 2.92. The van der Waals surface area contributed by atoms with Gasteiger partial charge in [-0.3, -0.25) is 4.79 Å². The molecule has 1 N–H and O–H groups in total. The lowest BCUT2D eigenvalue weighted by Gasteiger charge is -2.37. The van der Waals surface area contributed by atoms with Gasteiger partial charge in [-0.2, -0.15) is 0 Å². The number of morpholine rings is 2. The molecule has 0 bridgehead atoms. The lowest BCUT2D eigenvalue weighted by molar-refractivity contribution is -0.157. The number of nitrogens with one attached hydrogen (secondary N) is 1. The van der Waals surface area contributed by atoms with E-state index in [4.69, 9.17) is 14.2 Å². The predicted molar refractivity (Wildman–Crippen MR) is 67.9 cm³/mol. The van der Waals surface area contributed by atoms with Crippen LogP contribution < -0.4 is 5.32 Å². The number of amides is 1. The van der Waals surface area contributed by atoms with E-state index < -0.39 is 0 Å². The molecular weight excluding hydrogens is 248 g/mol. The van der Waals surface area contributed by atoms with Gasteiger partial charge in [0, 0.05) is 32.8 Å². The molecule has 108 valence electrons. The predicted octanol–water partition coefficient (Wildman–Crippen LogP) is -0.619. The van der Waals surface area contributed by atoms with E-state index >= 15 is 0 Å². The number of carbonyl (C=O) groups is 1. The molecule has 3 fully saturated rings. The molecule has 0 aliphatic carbocycles. The second-order valence-corrected chi connectivity index (χ2v) is 5.31. The highest BCUT2D eigenvalue weighted by atomic mass is 16.5. The third-order valence-electron chi connectivity index (χ3n) is 3.99. The Labute approximate surface area is 113 Å². The Morgan fingerprint density at radius 2 is 2.00 bits per heavy atom. The Kier molecular flexibility index (Phi) is 4.32. The summed E-state index contributed by atoms with van der Waals surface area (Å²) in [5.74, 6) is 0.0819. The molecule has 0 radical (unpaired) electrons. The van der Waals surface area contributed by atoms with Crippen molar-refractivity contribution in [1.29, 1.82) is 0 Å². The minimum atomic E-state index is -0.336. The third kappa shape index (κ3) is 3.08. The van der Waals surface area contributed by atoms with Crippen LogP contribution in [0.15, 0.2) is 0 Å². The molecule has 3 unspecified atom stereocenters. The zero-order valence-electron chi connectivity index (χ0n) is 11.2. The Balaban J connectivity index is 1.56. The van der Waals surface area contributed by atoms with E-state index in [1.807, 2.05) is 4.90 Å². The number of hydrogen-bond donors (Lipinski definition) is 1. The average Bonchev–Trinajstić information content (AvgIpc) is 3.02. The number of carbonyl (C=O) groups excluding carboxylic acids is 1. The molecule has 0 saturated carbocycles. The normalized spacial score (nSPS) is 36.4. The van der Waals surface area contributed by atoms with Crippen LogP contribution in [0.25, 0.3) is 0 Å². The van der Waals surface area contributed by atoms with Crippen LogP contribution in [-0.4, -0.2) is 75.1 Å². The molecular formula is C13H22N2O4. The summed E-state index contributed by atoms with van der Waals surface area (Å²) in [6.45, 7) is 4.73. The fourth-order valence-corrected chi connectivity index (χ4v) is 2.92. The van der Waals surface area contributed by atoms with Crippen molar-refractivity contribution in [3.05, 3.63) is 0 Å². The number of ether oxygens (including phenoxy) is 3. The topological polar surface area (TPSA) is 60.0 Å². The molecule has 6 nitrogen and oxygen atoms in total. The average molecular weight is 270 g/mol. The van der Waals surface area contributed by atoms with Gasteiger partial charge in [0.05, 0.1) is 19.3 Å². The smallest absolute Gasteiger partial charge is 0.253 e. The van der Waals surface area contributed by atoms with Gasteiger partial charge in [-0.25, -0.2) is 0 Å². The Morgan fingerprint density at radius 3 is 2.74 bits per heavy atom. The van der Waals surface area contributed by atoms with Crippen LogP contribution >= 0.6 is 0 Å². The largest absolute Gasteiger partial charge is 0.375 e. The SMILES string of the molecule is O=C(C1CNCCO1)N1CCOC(C2CCCO2)C1. The Bertz CT molecular complexity index is 314. The fraction of sp³-hybridized carbons (Fsp3) is 0.923. The summed E-state index contributed by atoms with van der Waals surface area (Å²) in [6, 6.07) is 0. The van der Waals surface area contributed by atoms with Crippen molar-refractivity contribution in [2.45, 2.75) is 31.2 Å². The van der Waals surface area contributed by atoms with E-state index in [1.54, 1.807) is 0 Å². The molecule has 0 aromatic heterocycles. The Hall–Kier alpha value is -0.690. The molecule has 6 heteroatoms. The third-order valence-corrected chi connectivity index (χ3v) is 3.99. The van der Waals surface area contributed by atoms with Crippen LogP contribution in [0.2, 0.25) is 0 Å². The summed E-state index contributed by atoms with van der Waals surface area (Å²) < 4.78 is 16.9. The first-order chi connectivity index (χ1) is 9.34. The molecule has 1 amide bonds. The zero-order chi connectivity index (χ0) is 13.1. The number of nitrogens with zero attached hydrogens (tertiary/aromatic N) is 1.